The fourth-order valence-corrected chi connectivity index (χ4v) is 1.56. The fourth-order valence-electron chi connectivity index (χ4n) is 1.56. The molecule has 17 heavy (non-hydrogen) atoms. The highest BCUT2D eigenvalue weighted by molar-refractivity contribution is 5.14. The molecule has 2 rings (SSSR count). The Bertz CT molecular complexity index is 402. The SMILES string of the molecule is c1ccc(CCOCCCc2nn[nH]n2)cc1. The summed E-state index contributed by atoms with van der Waals surface area (Å²) in [5.74, 6) is 0.747. The summed E-state index contributed by atoms with van der Waals surface area (Å²) >= 11 is 0. The Morgan fingerprint density at radius 3 is 2.71 bits per heavy atom. The van der Waals surface area contributed by atoms with E-state index in [4.69, 9.17) is 4.74 Å². The van der Waals surface area contributed by atoms with Crippen molar-refractivity contribution in [3.05, 3.63) is 41.7 Å². The third kappa shape index (κ3) is 4.32. The molecule has 0 spiro atoms. The fraction of sp³-hybridized carbons (Fsp3) is 0.417. The van der Waals surface area contributed by atoms with E-state index in [1.54, 1.807) is 0 Å². The van der Waals surface area contributed by atoms with Gasteiger partial charge in [0.15, 0.2) is 5.82 Å². The standard InChI is InChI=1S/C12H16N4O/c1-2-5-11(6-3-1)8-10-17-9-4-7-12-13-15-16-14-12/h1-3,5-6H,4,7-10H2,(H,13,14,15,16). The first-order valence-electron chi connectivity index (χ1n) is 5.79. The van der Waals surface area contributed by atoms with Crippen molar-refractivity contribution >= 4 is 0 Å². The van der Waals surface area contributed by atoms with E-state index in [1.807, 2.05) is 18.2 Å². The minimum absolute atomic E-state index is 0.737. The number of rotatable bonds is 7. The van der Waals surface area contributed by atoms with E-state index >= 15 is 0 Å². The van der Waals surface area contributed by atoms with Crippen LogP contribution in [0.1, 0.15) is 17.8 Å². The van der Waals surface area contributed by atoms with E-state index in [0.717, 1.165) is 38.3 Å². The van der Waals surface area contributed by atoms with Gasteiger partial charge in [0, 0.05) is 13.0 Å². The molecule has 0 amide bonds. The molecule has 1 aromatic heterocycles. The molecular formula is C12H16N4O. The monoisotopic (exact) mass is 232 g/mol. The lowest BCUT2D eigenvalue weighted by Gasteiger charge is -2.03. The summed E-state index contributed by atoms with van der Waals surface area (Å²) in [6, 6.07) is 10.3. The van der Waals surface area contributed by atoms with Crippen LogP contribution in [0.2, 0.25) is 0 Å². The van der Waals surface area contributed by atoms with Gasteiger partial charge in [-0.15, -0.1) is 10.2 Å². The van der Waals surface area contributed by atoms with Crippen molar-refractivity contribution in [3.8, 4) is 0 Å². The number of tetrazole rings is 1. The van der Waals surface area contributed by atoms with E-state index in [9.17, 15) is 0 Å². The van der Waals surface area contributed by atoms with Gasteiger partial charge in [-0.1, -0.05) is 35.5 Å². The number of hydrogen-bond acceptors (Lipinski definition) is 4. The average Bonchev–Trinajstić information content (AvgIpc) is 2.88. The maximum atomic E-state index is 5.55. The van der Waals surface area contributed by atoms with Crippen LogP contribution in [0.15, 0.2) is 30.3 Å². The van der Waals surface area contributed by atoms with Gasteiger partial charge < -0.3 is 4.74 Å². The lowest BCUT2D eigenvalue weighted by Crippen LogP contribution is -2.02. The maximum absolute atomic E-state index is 5.55. The summed E-state index contributed by atoms with van der Waals surface area (Å²) in [7, 11) is 0. The molecule has 0 saturated carbocycles. The van der Waals surface area contributed by atoms with Gasteiger partial charge in [-0.2, -0.15) is 5.21 Å². The van der Waals surface area contributed by atoms with Gasteiger partial charge in [-0.05, 0) is 18.4 Å². The molecule has 5 nitrogen and oxygen atoms in total. The molecule has 1 N–H and O–H groups in total. The molecule has 0 aliphatic heterocycles. The highest BCUT2D eigenvalue weighted by Crippen LogP contribution is 2.00. The molecule has 0 radical (unpaired) electrons. The number of aromatic amines is 1. The Kier molecular flexibility index (Phi) is 4.66. The first-order valence-corrected chi connectivity index (χ1v) is 5.79. The molecular weight excluding hydrogens is 216 g/mol. The summed E-state index contributed by atoms with van der Waals surface area (Å²) in [5, 5.41) is 13.7. The molecule has 90 valence electrons. The second-order valence-corrected chi connectivity index (χ2v) is 3.78. The van der Waals surface area contributed by atoms with Crippen LogP contribution in [0.3, 0.4) is 0 Å². The van der Waals surface area contributed by atoms with Gasteiger partial charge >= 0.3 is 0 Å². The molecule has 5 heteroatoms. The number of aryl methyl sites for hydroxylation is 1. The van der Waals surface area contributed by atoms with E-state index in [0.29, 0.717) is 0 Å². The van der Waals surface area contributed by atoms with Crippen molar-refractivity contribution in [2.45, 2.75) is 19.3 Å². The summed E-state index contributed by atoms with van der Waals surface area (Å²) in [4.78, 5) is 0. The molecule has 1 heterocycles. The third-order valence-electron chi connectivity index (χ3n) is 2.46. The van der Waals surface area contributed by atoms with Crippen LogP contribution in [-0.2, 0) is 17.6 Å². The molecule has 0 fully saturated rings. The molecule has 0 bridgehead atoms. The number of benzene rings is 1. The zero-order valence-corrected chi connectivity index (χ0v) is 9.67. The molecule has 0 aliphatic carbocycles. The van der Waals surface area contributed by atoms with Crippen molar-refractivity contribution in [2.24, 2.45) is 0 Å². The van der Waals surface area contributed by atoms with Gasteiger partial charge in [-0.3, -0.25) is 0 Å². The molecule has 0 aliphatic rings. The van der Waals surface area contributed by atoms with Crippen LogP contribution in [0.4, 0.5) is 0 Å². The van der Waals surface area contributed by atoms with Crippen LogP contribution in [0.25, 0.3) is 0 Å². The topological polar surface area (TPSA) is 63.7 Å². The molecule has 2 aromatic rings. The molecule has 1 aromatic carbocycles. The number of nitrogens with one attached hydrogen (secondary N) is 1. The van der Waals surface area contributed by atoms with Crippen molar-refractivity contribution in [1.29, 1.82) is 0 Å². The number of ether oxygens (including phenoxy) is 1. The Balaban J connectivity index is 1.52. The zero-order valence-electron chi connectivity index (χ0n) is 9.67. The van der Waals surface area contributed by atoms with Crippen molar-refractivity contribution in [3.63, 3.8) is 0 Å². The van der Waals surface area contributed by atoms with Crippen LogP contribution >= 0.6 is 0 Å². The summed E-state index contributed by atoms with van der Waals surface area (Å²) < 4.78 is 5.55. The van der Waals surface area contributed by atoms with Gasteiger partial charge in [-0.25, -0.2) is 0 Å². The van der Waals surface area contributed by atoms with Crippen molar-refractivity contribution in [1.82, 2.24) is 20.6 Å². The first-order chi connectivity index (χ1) is 8.45. The minimum atomic E-state index is 0.737. The van der Waals surface area contributed by atoms with Crippen molar-refractivity contribution < 1.29 is 4.74 Å². The average molecular weight is 232 g/mol. The lowest BCUT2D eigenvalue weighted by atomic mass is 10.2. The zero-order chi connectivity index (χ0) is 11.8. The smallest absolute Gasteiger partial charge is 0.174 e. The Morgan fingerprint density at radius 1 is 1.06 bits per heavy atom. The lowest BCUT2D eigenvalue weighted by molar-refractivity contribution is 0.134. The second-order valence-electron chi connectivity index (χ2n) is 3.78. The van der Waals surface area contributed by atoms with E-state index in [1.165, 1.54) is 5.56 Å². The predicted molar refractivity (Wildman–Crippen MR) is 63.5 cm³/mol. The molecule has 0 atom stereocenters. The summed E-state index contributed by atoms with van der Waals surface area (Å²) in [6.07, 6.45) is 2.69. The number of H-pyrrole nitrogens is 1. The van der Waals surface area contributed by atoms with Crippen LogP contribution in [-0.4, -0.2) is 33.8 Å². The van der Waals surface area contributed by atoms with Crippen molar-refractivity contribution in [2.75, 3.05) is 13.2 Å². The van der Waals surface area contributed by atoms with Gasteiger partial charge in [0.2, 0.25) is 0 Å². The summed E-state index contributed by atoms with van der Waals surface area (Å²) in [6.45, 7) is 1.50. The molecule has 0 unspecified atom stereocenters. The third-order valence-corrected chi connectivity index (χ3v) is 2.46. The van der Waals surface area contributed by atoms with Gasteiger partial charge in [0.25, 0.3) is 0 Å². The maximum Gasteiger partial charge on any atom is 0.174 e. The van der Waals surface area contributed by atoms with Crippen LogP contribution in [0, 0.1) is 0 Å². The molecule has 0 saturated heterocycles. The largest absolute Gasteiger partial charge is 0.381 e. The Labute approximate surface area is 100 Å². The predicted octanol–water partition coefficient (Wildman–Crippen LogP) is 1.39. The quantitative estimate of drug-likeness (QED) is 0.733. The number of aromatic nitrogens is 4. The highest BCUT2D eigenvalue weighted by Gasteiger charge is 1.97. The van der Waals surface area contributed by atoms with E-state index in [2.05, 4.69) is 32.8 Å². The van der Waals surface area contributed by atoms with Crippen LogP contribution in [0.5, 0.6) is 0 Å². The minimum Gasteiger partial charge on any atom is -0.381 e. The normalized spacial score (nSPS) is 10.6. The second kappa shape index (κ2) is 6.75. The Hall–Kier alpha value is -1.75. The van der Waals surface area contributed by atoms with E-state index < -0.39 is 0 Å². The number of hydrogen-bond donors (Lipinski definition) is 1. The van der Waals surface area contributed by atoms with Crippen LogP contribution < -0.4 is 0 Å². The Morgan fingerprint density at radius 2 is 1.94 bits per heavy atom. The summed E-state index contributed by atoms with van der Waals surface area (Å²) in [5.41, 5.74) is 1.31. The van der Waals surface area contributed by atoms with E-state index in [-0.39, 0.29) is 0 Å². The van der Waals surface area contributed by atoms with Gasteiger partial charge in [0.05, 0.1) is 6.61 Å². The highest BCUT2D eigenvalue weighted by atomic mass is 16.5. The first kappa shape index (κ1) is 11.7. The number of nitrogens with zero attached hydrogens (tertiary/aromatic N) is 3. The van der Waals surface area contributed by atoms with Gasteiger partial charge in [0.1, 0.15) is 0 Å².